The Bertz CT molecular complexity index is 461. The van der Waals surface area contributed by atoms with E-state index in [1.165, 1.54) is 0 Å². The zero-order valence-electron chi connectivity index (χ0n) is 10.8. The number of halogens is 1. The van der Waals surface area contributed by atoms with Crippen LogP contribution in [0.5, 0.6) is 0 Å². The lowest BCUT2D eigenvalue weighted by Crippen LogP contribution is -2.48. The maximum Gasteiger partial charge on any atom is 0.254 e. The number of benzene rings is 1. The lowest BCUT2D eigenvalue weighted by Gasteiger charge is -2.35. The molecule has 0 aliphatic carbocycles. The van der Waals surface area contributed by atoms with Gasteiger partial charge in [0.1, 0.15) is 0 Å². The summed E-state index contributed by atoms with van der Waals surface area (Å²) in [7, 11) is 0. The van der Waals surface area contributed by atoms with Crippen molar-refractivity contribution in [1.82, 2.24) is 4.90 Å². The zero-order valence-corrected chi connectivity index (χ0v) is 12.4. The molecule has 4 heteroatoms. The minimum atomic E-state index is 0.124. The van der Waals surface area contributed by atoms with E-state index in [0.717, 1.165) is 35.1 Å². The number of piperidine rings is 1. The van der Waals surface area contributed by atoms with E-state index in [9.17, 15) is 4.79 Å². The van der Waals surface area contributed by atoms with Crippen LogP contribution in [0.25, 0.3) is 0 Å². The number of hydrogen-bond donors (Lipinski definition) is 1. The first-order valence-corrected chi connectivity index (χ1v) is 7.09. The van der Waals surface area contributed by atoms with E-state index in [1.807, 2.05) is 30.0 Å². The van der Waals surface area contributed by atoms with Crippen LogP contribution in [0.15, 0.2) is 22.7 Å². The second-order valence-corrected chi connectivity index (χ2v) is 6.06. The normalized spacial score (nSPS) is 24.1. The fourth-order valence-corrected chi connectivity index (χ4v) is 2.86. The van der Waals surface area contributed by atoms with Crippen molar-refractivity contribution >= 4 is 21.8 Å². The highest BCUT2D eigenvalue weighted by atomic mass is 79.9. The molecule has 2 N–H and O–H groups in total. The van der Waals surface area contributed by atoms with E-state index >= 15 is 0 Å². The number of nitrogens with two attached hydrogens (primary N) is 1. The summed E-state index contributed by atoms with van der Waals surface area (Å²) in [5.74, 6) is 0.497. The van der Waals surface area contributed by atoms with Gasteiger partial charge in [0.25, 0.3) is 5.91 Å². The maximum atomic E-state index is 12.5. The summed E-state index contributed by atoms with van der Waals surface area (Å²) in [4.78, 5) is 14.4. The van der Waals surface area contributed by atoms with Gasteiger partial charge in [0.15, 0.2) is 0 Å². The third-order valence-electron chi connectivity index (χ3n) is 3.68. The van der Waals surface area contributed by atoms with Crippen molar-refractivity contribution in [3.8, 4) is 0 Å². The van der Waals surface area contributed by atoms with E-state index in [2.05, 4.69) is 22.9 Å². The van der Waals surface area contributed by atoms with Crippen molar-refractivity contribution < 1.29 is 4.79 Å². The SMILES string of the molecule is Cc1cc(Br)ccc1C(=O)N1CCC(N)C(C)C1. The summed E-state index contributed by atoms with van der Waals surface area (Å²) >= 11 is 3.42. The average molecular weight is 311 g/mol. The van der Waals surface area contributed by atoms with E-state index < -0.39 is 0 Å². The van der Waals surface area contributed by atoms with E-state index in [0.29, 0.717) is 5.92 Å². The molecule has 18 heavy (non-hydrogen) atoms. The zero-order chi connectivity index (χ0) is 13.3. The first kappa shape index (κ1) is 13.6. The van der Waals surface area contributed by atoms with Crippen LogP contribution in [0.1, 0.15) is 29.3 Å². The van der Waals surface area contributed by atoms with E-state index in [1.54, 1.807) is 0 Å². The van der Waals surface area contributed by atoms with Crippen molar-refractivity contribution in [1.29, 1.82) is 0 Å². The summed E-state index contributed by atoms with van der Waals surface area (Å²) in [6.45, 7) is 5.60. The van der Waals surface area contributed by atoms with E-state index in [-0.39, 0.29) is 11.9 Å². The molecule has 1 amide bonds. The molecule has 1 aliphatic rings. The monoisotopic (exact) mass is 310 g/mol. The smallest absolute Gasteiger partial charge is 0.254 e. The second kappa shape index (κ2) is 5.41. The molecule has 0 radical (unpaired) electrons. The van der Waals surface area contributed by atoms with Crippen LogP contribution in [0.4, 0.5) is 0 Å². The van der Waals surface area contributed by atoms with Crippen LogP contribution < -0.4 is 5.73 Å². The molecule has 2 rings (SSSR count). The lowest BCUT2D eigenvalue weighted by atomic mass is 9.94. The summed E-state index contributed by atoms with van der Waals surface area (Å²) in [6, 6.07) is 6.01. The number of aryl methyl sites for hydroxylation is 1. The van der Waals surface area contributed by atoms with Gasteiger partial charge in [0.2, 0.25) is 0 Å². The molecule has 1 aliphatic heterocycles. The number of likely N-dealkylation sites (tertiary alicyclic amines) is 1. The Hall–Kier alpha value is -0.870. The third kappa shape index (κ3) is 2.75. The first-order chi connectivity index (χ1) is 8.49. The molecule has 1 aromatic rings. The molecule has 1 fully saturated rings. The lowest BCUT2D eigenvalue weighted by molar-refractivity contribution is 0.0663. The predicted molar refractivity (Wildman–Crippen MR) is 76.5 cm³/mol. The Morgan fingerprint density at radius 2 is 2.22 bits per heavy atom. The Labute approximate surface area is 116 Å². The molecule has 1 aromatic carbocycles. The first-order valence-electron chi connectivity index (χ1n) is 6.30. The highest BCUT2D eigenvalue weighted by Gasteiger charge is 2.27. The number of carbonyl (C=O) groups is 1. The van der Waals surface area contributed by atoms with Gasteiger partial charge < -0.3 is 10.6 Å². The molecule has 2 atom stereocenters. The van der Waals surface area contributed by atoms with Crippen molar-refractivity contribution in [2.24, 2.45) is 11.7 Å². The topological polar surface area (TPSA) is 46.3 Å². The third-order valence-corrected chi connectivity index (χ3v) is 4.17. The molecule has 3 nitrogen and oxygen atoms in total. The second-order valence-electron chi connectivity index (χ2n) is 5.14. The van der Waals surface area contributed by atoms with Crippen LogP contribution in [0, 0.1) is 12.8 Å². The van der Waals surface area contributed by atoms with Crippen molar-refractivity contribution in [2.45, 2.75) is 26.3 Å². The van der Waals surface area contributed by atoms with Gasteiger partial charge in [-0.2, -0.15) is 0 Å². The van der Waals surface area contributed by atoms with Gasteiger partial charge >= 0.3 is 0 Å². The van der Waals surface area contributed by atoms with E-state index in [4.69, 9.17) is 5.73 Å². The highest BCUT2D eigenvalue weighted by molar-refractivity contribution is 9.10. The Kier molecular flexibility index (Phi) is 4.07. The molecule has 2 unspecified atom stereocenters. The highest BCUT2D eigenvalue weighted by Crippen LogP contribution is 2.21. The molecule has 0 bridgehead atoms. The number of amides is 1. The van der Waals surface area contributed by atoms with Gasteiger partial charge in [0.05, 0.1) is 0 Å². The van der Waals surface area contributed by atoms with Gasteiger partial charge in [-0.15, -0.1) is 0 Å². The van der Waals surface area contributed by atoms with Crippen LogP contribution in [-0.2, 0) is 0 Å². The van der Waals surface area contributed by atoms with Crippen LogP contribution in [0.2, 0.25) is 0 Å². The molecule has 0 spiro atoms. The Morgan fingerprint density at radius 1 is 1.50 bits per heavy atom. The van der Waals surface area contributed by atoms with Gasteiger partial charge in [0, 0.05) is 29.2 Å². The Balaban J connectivity index is 2.16. The summed E-state index contributed by atoms with van der Waals surface area (Å²) in [5, 5.41) is 0. The van der Waals surface area contributed by atoms with Crippen LogP contribution >= 0.6 is 15.9 Å². The molecular weight excluding hydrogens is 292 g/mol. The van der Waals surface area contributed by atoms with Crippen LogP contribution in [-0.4, -0.2) is 29.9 Å². The van der Waals surface area contributed by atoms with Gasteiger partial charge in [-0.1, -0.05) is 22.9 Å². The molecular formula is C14H19BrN2O. The van der Waals surface area contributed by atoms with Crippen LogP contribution in [0.3, 0.4) is 0 Å². The molecule has 0 aromatic heterocycles. The molecule has 1 heterocycles. The number of nitrogens with zero attached hydrogens (tertiary/aromatic N) is 1. The fraction of sp³-hybridized carbons (Fsp3) is 0.500. The summed E-state index contributed by atoms with van der Waals surface area (Å²) < 4.78 is 1.01. The average Bonchev–Trinajstić information content (AvgIpc) is 2.32. The molecule has 1 saturated heterocycles. The van der Waals surface area contributed by atoms with Crippen molar-refractivity contribution in [2.75, 3.05) is 13.1 Å². The largest absolute Gasteiger partial charge is 0.338 e. The predicted octanol–water partition coefficient (Wildman–Crippen LogP) is 2.57. The minimum Gasteiger partial charge on any atom is -0.338 e. The van der Waals surface area contributed by atoms with Crippen molar-refractivity contribution in [3.05, 3.63) is 33.8 Å². The summed E-state index contributed by atoms with van der Waals surface area (Å²) in [5.41, 5.74) is 7.79. The molecule has 0 saturated carbocycles. The van der Waals surface area contributed by atoms with Gasteiger partial charge in [-0.05, 0) is 43.0 Å². The fourth-order valence-electron chi connectivity index (χ4n) is 2.39. The quantitative estimate of drug-likeness (QED) is 0.866. The number of rotatable bonds is 1. The number of carbonyl (C=O) groups excluding carboxylic acids is 1. The standard InChI is InChI=1S/C14H19BrN2O/c1-9-7-11(15)3-4-12(9)14(18)17-6-5-13(16)10(2)8-17/h3-4,7,10,13H,5-6,8,16H2,1-2H3. The van der Waals surface area contributed by atoms with Gasteiger partial charge in [-0.3, -0.25) is 4.79 Å². The maximum absolute atomic E-state index is 12.5. The Morgan fingerprint density at radius 3 is 2.83 bits per heavy atom. The summed E-state index contributed by atoms with van der Waals surface area (Å²) in [6.07, 6.45) is 0.891. The molecule has 98 valence electrons. The van der Waals surface area contributed by atoms with Gasteiger partial charge in [-0.25, -0.2) is 0 Å². The van der Waals surface area contributed by atoms with Crippen molar-refractivity contribution in [3.63, 3.8) is 0 Å². The number of hydrogen-bond acceptors (Lipinski definition) is 2. The minimum absolute atomic E-state index is 0.124.